The highest BCUT2D eigenvalue weighted by atomic mass is 35.5. The Balaban J connectivity index is 0.000000127. The first-order valence-corrected chi connectivity index (χ1v) is 30.6. The van der Waals surface area contributed by atoms with E-state index in [-0.39, 0.29) is 53.1 Å². The molecule has 10 aromatic carbocycles. The molecule has 0 unspecified atom stereocenters. The van der Waals surface area contributed by atoms with Crippen LogP contribution in [0.1, 0.15) is 83.1 Å². The molecule has 0 radical (unpaired) electrons. The van der Waals surface area contributed by atoms with Crippen molar-refractivity contribution in [2.24, 2.45) is 0 Å². The summed E-state index contributed by atoms with van der Waals surface area (Å²) in [7, 11) is -1.09. The van der Waals surface area contributed by atoms with Crippen molar-refractivity contribution in [2.75, 3.05) is 0 Å². The zero-order valence-electron chi connectivity index (χ0n) is 52.0. The van der Waals surface area contributed by atoms with Gasteiger partial charge in [0.05, 0.1) is 56.0 Å². The maximum Gasteiger partial charge on any atom is 0.494 e. The number of rotatable bonds is 6. The third kappa shape index (κ3) is 10.8. The molecule has 3 saturated heterocycles. The molecule has 3 aliphatic heterocycles. The van der Waals surface area contributed by atoms with Crippen molar-refractivity contribution < 1.29 is 27.9 Å². The van der Waals surface area contributed by atoms with Crippen LogP contribution >= 0.6 is 11.6 Å². The largest absolute Gasteiger partial charge is 0.494 e. The van der Waals surface area contributed by atoms with Crippen molar-refractivity contribution in [1.29, 1.82) is 0 Å². The van der Waals surface area contributed by atoms with E-state index in [2.05, 4.69) is 245 Å². The van der Waals surface area contributed by atoms with Crippen molar-refractivity contribution in [1.82, 2.24) is 19.9 Å². The molecule has 0 saturated carbocycles. The molecule has 0 N–H and O–H groups in total. The van der Waals surface area contributed by atoms with Crippen molar-refractivity contribution in [3.8, 4) is 33.9 Å². The van der Waals surface area contributed by atoms with E-state index in [9.17, 15) is 0 Å². The molecule has 0 spiro atoms. The minimum Gasteiger partial charge on any atom is -0.399 e. The van der Waals surface area contributed by atoms with E-state index in [0.29, 0.717) is 5.82 Å². The minimum absolute atomic E-state index is 0.269. The molecule has 2 aromatic heterocycles. The van der Waals surface area contributed by atoms with Gasteiger partial charge in [-0.2, -0.15) is 0 Å². The number of aromatic nitrogens is 4. The second kappa shape index (κ2) is 22.3. The van der Waals surface area contributed by atoms with E-state index >= 15 is 0 Å². The summed E-state index contributed by atoms with van der Waals surface area (Å²) >= 11 is 6.22. The van der Waals surface area contributed by atoms with Crippen LogP contribution in [0.25, 0.3) is 98.8 Å². The number of hydrogen-bond donors (Lipinski definition) is 0. The number of nitrogens with zero attached hydrogens (tertiary/aromatic N) is 4. The topological polar surface area (TPSA) is 107 Å². The zero-order chi connectivity index (χ0) is 61.5. The molecule has 3 fully saturated rings. The van der Waals surface area contributed by atoms with Crippen molar-refractivity contribution in [3.63, 3.8) is 0 Å². The molecule has 10 nitrogen and oxygen atoms in total. The lowest BCUT2D eigenvalue weighted by atomic mass is 9.74. The first-order valence-electron chi connectivity index (χ1n) is 30.2. The molecule has 88 heavy (non-hydrogen) atoms. The van der Waals surface area contributed by atoms with Gasteiger partial charge in [0.25, 0.3) is 0 Å². The summed E-state index contributed by atoms with van der Waals surface area (Å²) in [6.45, 7) is 24.8. The minimum atomic E-state index is -0.402. The summed E-state index contributed by atoms with van der Waals surface area (Å²) in [4.78, 5) is 19.1. The third-order valence-corrected chi connectivity index (χ3v) is 19.1. The van der Waals surface area contributed by atoms with E-state index in [4.69, 9.17) is 49.5 Å². The van der Waals surface area contributed by atoms with Crippen LogP contribution in [-0.4, -0.2) is 74.9 Å². The maximum atomic E-state index is 6.25. The number of hydrogen-bond acceptors (Lipinski definition) is 10. The lowest BCUT2D eigenvalue weighted by Crippen LogP contribution is -2.41. The number of benzene rings is 10. The molecule has 5 heterocycles. The van der Waals surface area contributed by atoms with Gasteiger partial charge in [-0.3, -0.25) is 0 Å². The summed E-state index contributed by atoms with van der Waals surface area (Å²) in [6.07, 6.45) is 0. The molecule has 0 amide bonds. The van der Waals surface area contributed by atoms with E-state index in [1.807, 2.05) is 54.6 Å². The SMILES string of the molecule is CC1(C)OB(c2ccc(-c3nc(-c4cc5ccccc5c5ccccc45)c4ccccc4n3)cc2)OC1(C)C.CC1(C)OB(c2ccc(B3OC(C)(C)C(C)(C)O3)cc2)OC1(C)C.Clc1nc(-c2cc3ccccc3c3ccccc23)c2ccccc2n1. The molecule has 0 aliphatic carbocycles. The molecule has 0 atom stereocenters. The van der Waals surface area contributed by atoms with Crippen LogP contribution < -0.4 is 16.4 Å². The Morgan fingerprint density at radius 1 is 0.295 bits per heavy atom. The molecule has 15 rings (SSSR count). The summed E-state index contributed by atoms with van der Waals surface area (Å²) in [5.41, 5.74) is 7.64. The Kier molecular flexibility index (Phi) is 15.0. The van der Waals surface area contributed by atoms with Gasteiger partial charge >= 0.3 is 21.4 Å². The van der Waals surface area contributed by atoms with Gasteiger partial charge in [0, 0.05) is 27.5 Å². The quantitative estimate of drug-likeness (QED) is 0.0907. The monoisotopic (exact) mass is 1180 g/mol. The van der Waals surface area contributed by atoms with Crippen molar-refractivity contribution in [2.45, 2.75) is 117 Å². The van der Waals surface area contributed by atoms with Gasteiger partial charge in [-0.05, 0) is 178 Å². The normalized spacial score (nSPS) is 17.8. The van der Waals surface area contributed by atoms with Gasteiger partial charge in [-0.25, -0.2) is 19.9 Å². The summed E-state index contributed by atoms with van der Waals surface area (Å²) in [6, 6.07) is 71.0. The van der Waals surface area contributed by atoms with Crippen LogP contribution in [0.15, 0.2) is 206 Å². The predicted molar refractivity (Wildman–Crippen MR) is 364 cm³/mol. The fourth-order valence-corrected chi connectivity index (χ4v) is 11.9. The lowest BCUT2D eigenvalue weighted by Gasteiger charge is -2.32. The molecule has 12 aromatic rings. The average molecular weight is 1180 g/mol. The van der Waals surface area contributed by atoms with Crippen LogP contribution in [0.4, 0.5) is 0 Å². The standard InChI is InChI=1S/C34H29BN2O2.C22H13ClN2.C18H28B2O4/c1-33(2)34(3,4)39-35(38-33)24-19-17-22(18-20-24)32-36-30-16-10-9-15-28(30)31(37-32)29-21-23-11-5-6-12-25(23)26-13-7-8-14-27(26)29;23-22-24-20-12-6-5-11-18(20)21(25-22)19-13-14-7-1-2-8-15(14)16-9-3-4-10-17(16)19;1-15(2)16(3,4)22-19(21-15)13-9-11-14(12-10-13)20-23-17(5,6)18(7,8)24-20/h5-21H,1-4H3;1-13H;9-12H,1-8H3. The Bertz CT molecular complexity index is 4550. The Morgan fingerprint density at radius 3 is 0.977 bits per heavy atom. The van der Waals surface area contributed by atoms with Crippen LogP contribution in [0, 0.1) is 0 Å². The fourth-order valence-electron chi connectivity index (χ4n) is 11.7. The van der Waals surface area contributed by atoms with E-state index in [0.717, 1.165) is 66.3 Å². The van der Waals surface area contributed by atoms with Gasteiger partial charge in [0.2, 0.25) is 5.28 Å². The Hall–Kier alpha value is -7.84. The van der Waals surface area contributed by atoms with Crippen LogP contribution in [-0.2, 0) is 27.9 Å². The average Bonchev–Trinajstić information content (AvgIpc) is 1.73. The van der Waals surface area contributed by atoms with E-state index in [1.54, 1.807) is 0 Å². The summed E-state index contributed by atoms with van der Waals surface area (Å²) in [5.74, 6) is 0.696. The highest BCUT2D eigenvalue weighted by molar-refractivity contribution is 6.64. The molecule has 14 heteroatoms. The predicted octanol–water partition coefficient (Wildman–Crippen LogP) is 16.1. The van der Waals surface area contributed by atoms with Crippen LogP contribution in [0.3, 0.4) is 0 Å². The van der Waals surface area contributed by atoms with Crippen molar-refractivity contribution in [3.05, 3.63) is 212 Å². The first-order chi connectivity index (χ1) is 42.0. The van der Waals surface area contributed by atoms with E-state index < -0.39 is 7.12 Å². The van der Waals surface area contributed by atoms with Crippen LogP contribution in [0.2, 0.25) is 5.28 Å². The number of halogens is 1. The molecule has 438 valence electrons. The van der Waals surface area contributed by atoms with Gasteiger partial charge in [-0.15, -0.1) is 0 Å². The first kappa shape index (κ1) is 59.1. The van der Waals surface area contributed by atoms with Gasteiger partial charge in [-0.1, -0.05) is 182 Å². The van der Waals surface area contributed by atoms with Crippen molar-refractivity contribution >= 4 is 114 Å². The molecular formula is C74H70B3ClN4O6. The molecular weight excluding hydrogens is 1110 g/mol. The lowest BCUT2D eigenvalue weighted by molar-refractivity contribution is 0.00578. The summed E-state index contributed by atoms with van der Waals surface area (Å²) < 4.78 is 36.9. The highest BCUT2D eigenvalue weighted by Gasteiger charge is 2.54. The summed E-state index contributed by atoms with van der Waals surface area (Å²) in [5, 5.41) is 12.0. The highest BCUT2D eigenvalue weighted by Crippen LogP contribution is 2.42. The smallest absolute Gasteiger partial charge is 0.399 e. The molecule has 3 aliphatic rings. The zero-order valence-corrected chi connectivity index (χ0v) is 52.7. The van der Waals surface area contributed by atoms with Gasteiger partial charge < -0.3 is 27.9 Å². The Morgan fingerprint density at radius 2 is 0.591 bits per heavy atom. The second-order valence-corrected chi connectivity index (χ2v) is 26.5. The van der Waals surface area contributed by atoms with Crippen LogP contribution in [0.5, 0.6) is 0 Å². The third-order valence-electron chi connectivity index (χ3n) is 18.9. The fraction of sp³-hybridized carbons (Fsp3) is 0.243. The second-order valence-electron chi connectivity index (χ2n) is 26.2. The van der Waals surface area contributed by atoms with E-state index in [1.165, 1.54) is 43.1 Å². The Labute approximate surface area is 521 Å². The number of fused-ring (bicyclic) bond motifs is 8. The number of para-hydroxylation sites is 2. The van der Waals surface area contributed by atoms with Gasteiger partial charge in [0.1, 0.15) is 0 Å². The maximum absolute atomic E-state index is 6.25. The van der Waals surface area contributed by atoms with Gasteiger partial charge in [0.15, 0.2) is 5.82 Å². The molecule has 0 bridgehead atoms.